The number of hydrogen-bond donors (Lipinski definition) is 1. The predicted molar refractivity (Wildman–Crippen MR) is 120 cm³/mol. The summed E-state index contributed by atoms with van der Waals surface area (Å²) in [5, 5.41) is 5.39. The highest BCUT2D eigenvalue weighted by Crippen LogP contribution is 2.34. The normalized spacial score (nSPS) is 14.9. The fourth-order valence-electron chi connectivity index (χ4n) is 3.69. The molecule has 0 bridgehead atoms. The van der Waals surface area contributed by atoms with Crippen molar-refractivity contribution in [2.24, 2.45) is 5.14 Å². The number of carbonyl (C=O) groups is 1. The first-order chi connectivity index (χ1) is 16.0. The van der Waals surface area contributed by atoms with Gasteiger partial charge in [0.15, 0.2) is 9.34 Å². The number of sulfonamides is 1. The van der Waals surface area contributed by atoms with Crippen LogP contribution in [0.1, 0.15) is 24.1 Å². The van der Waals surface area contributed by atoms with E-state index in [1.165, 1.54) is 41.0 Å². The van der Waals surface area contributed by atoms with E-state index in [1.54, 1.807) is 0 Å². The zero-order valence-electron chi connectivity index (χ0n) is 17.6. The minimum Gasteiger partial charge on any atom is -0.294 e. The second kappa shape index (κ2) is 8.96. The lowest BCUT2D eigenvalue weighted by atomic mass is 10.0. The van der Waals surface area contributed by atoms with Crippen LogP contribution in [0.4, 0.5) is 33.2 Å². The number of rotatable bonds is 5. The number of halogens is 4. The molecule has 1 fully saturated rings. The fourth-order valence-corrected chi connectivity index (χ4v) is 5.66. The summed E-state index contributed by atoms with van der Waals surface area (Å²) in [5.41, 5.74) is -0.556. The van der Waals surface area contributed by atoms with Gasteiger partial charge in [-0.3, -0.25) is 9.80 Å². The molecule has 2 N–H and O–H groups in total. The molecule has 0 aliphatic carbocycles. The predicted octanol–water partition coefficient (Wildman–Crippen LogP) is 4.82. The number of urea groups is 1. The van der Waals surface area contributed by atoms with Crippen molar-refractivity contribution in [3.05, 3.63) is 59.3 Å². The highest BCUT2D eigenvalue weighted by Gasteiger charge is 2.31. The molecule has 4 rings (SSSR count). The van der Waals surface area contributed by atoms with Gasteiger partial charge >= 0.3 is 6.03 Å². The molecule has 1 aliphatic rings. The largest absolute Gasteiger partial charge is 0.330 e. The summed E-state index contributed by atoms with van der Waals surface area (Å²) in [7, 11) is -3.98. The van der Waals surface area contributed by atoms with Crippen molar-refractivity contribution in [2.45, 2.75) is 24.0 Å². The van der Waals surface area contributed by atoms with Crippen LogP contribution >= 0.6 is 11.3 Å². The maximum atomic E-state index is 14.5. The molecule has 0 atom stereocenters. The van der Waals surface area contributed by atoms with E-state index in [0.717, 1.165) is 17.4 Å². The number of hydrogen-bond acceptors (Lipinski definition) is 5. The van der Waals surface area contributed by atoms with E-state index >= 15 is 0 Å². The topological polar surface area (TPSA) is 96.6 Å². The highest BCUT2D eigenvalue weighted by atomic mass is 32.2. The lowest BCUT2D eigenvalue weighted by Gasteiger charge is -2.34. The number of nitrogens with zero attached hydrogens (tertiary/aromatic N) is 3. The quantitative estimate of drug-likeness (QED) is 0.494. The number of benzene rings is 2. The second-order valence-electron chi connectivity index (χ2n) is 7.56. The van der Waals surface area contributed by atoms with E-state index in [0.29, 0.717) is 31.3 Å². The molecule has 34 heavy (non-hydrogen) atoms. The Balaban J connectivity index is 1.62. The van der Waals surface area contributed by atoms with Crippen LogP contribution in [0.15, 0.2) is 40.6 Å². The number of nitrogens with two attached hydrogens (primary N) is 1. The molecule has 0 radical (unpaired) electrons. The van der Waals surface area contributed by atoms with Gasteiger partial charge < -0.3 is 0 Å². The van der Waals surface area contributed by atoms with Crippen LogP contribution in [0.5, 0.6) is 0 Å². The Labute approximate surface area is 196 Å². The first-order valence-corrected chi connectivity index (χ1v) is 12.3. The highest BCUT2D eigenvalue weighted by molar-refractivity contribution is 7.91. The van der Waals surface area contributed by atoms with Crippen molar-refractivity contribution in [1.29, 1.82) is 0 Å². The Hall–Kier alpha value is -3.03. The number of alkyl halides is 2. The summed E-state index contributed by atoms with van der Waals surface area (Å²) < 4.78 is 77.6. The van der Waals surface area contributed by atoms with Crippen molar-refractivity contribution in [1.82, 2.24) is 4.98 Å². The lowest BCUT2D eigenvalue weighted by Crippen LogP contribution is -2.49. The number of carbonyl (C=O) groups excluding carboxylic acids is 1. The molecule has 0 spiro atoms. The standard InChI is InChI=1S/C21H18F4N4O3S2/c1-11-19(34(26,31)32)33-20(27-11)29-8-2-7-28(21(29)30)14-5-3-12(4-6-14)15-9-13(22)10-16(17(15)23)18(24)25/h3-6,9-10,18H,2,7-8H2,1H3,(H2,26,31,32). The van der Waals surface area contributed by atoms with Crippen molar-refractivity contribution in [2.75, 3.05) is 22.9 Å². The summed E-state index contributed by atoms with van der Waals surface area (Å²) in [4.78, 5) is 20.0. The summed E-state index contributed by atoms with van der Waals surface area (Å²) in [6.07, 6.45) is -2.62. The average Bonchev–Trinajstić information content (AvgIpc) is 3.17. The molecule has 3 aromatic rings. The van der Waals surface area contributed by atoms with Crippen molar-refractivity contribution < 1.29 is 30.8 Å². The summed E-state index contributed by atoms with van der Waals surface area (Å²) in [6, 6.07) is 6.63. The van der Waals surface area contributed by atoms with Gasteiger partial charge in [0.1, 0.15) is 11.6 Å². The molecule has 0 unspecified atom stereocenters. The van der Waals surface area contributed by atoms with Crippen LogP contribution in [0.3, 0.4) is 0 Å². The number of aromatic nitrogens is 1. The van der Waals surface area contributed by atoms with Gasteiger partial charge in [-0.2, -0.15) is 0 Å². The maximum absolute atomic E-state index is 14.5. The summed E-state index contributed by atoms with van der Waals surface area (Å²) in [5.74, 6) is -2.20. The zero-order chi connectivity index (χ0) is 24.8. The first kappa shape index (κ1) is 24.1. The van der Waals surface area contributed by atoms with E-state index < -0.39 is 39.7 Å². The Bertz CT molecular complexity index is 1360. The van der Waals surface area contributed by atoms with Crippen LogP contribution in [0, 0.1) is 18.6 Å². The molecule has 13 heteroatoms. The Kier molecular flexibility index (Phi) is 6.36. The first-order valence-electron chi connectivity index (χ1n) is 9.94. The number of thiazole rings is 1. The number of primary sulfonamides is 1. The Morgan fingerprint density at radius 2 is 1.74 bits per heavy atom. The minimum atomic E-state index is -3.98. The number of anilines is 2. The van der Waals surface area contributed by atoms with Gasteiger partial charge in [-0.25, -0.2) is 40.9 Å². The van der Waals surface area contributed by atoms with E-state index in [1.807, 2.05) is 0 Å². The third-order valence-electron chi connectivity index (χ3n) is 5.25. The molecule has 2 aromatic carbocycles. The van der Waals surface area contributed by atoms with Crippen molar-refractivity contribution in [3.8, 4) is 11.1 Å². The number of amides is 2. The maximum Gasteiger partial charge on any atom is 0.330 e. The van der Waals surface area contributed by atoms with Gasteiger partial charge in [-0.05, 0) is 43.2 Å². The Morgan fingerprint density at radius 3 is 2.32 bits per heavy atom. The fraction of sp³-hybridized carbons (Fsp3) is 0.238. The third kappa shape index (κ3) is 4.50. The second-order valence-corrected chi connectivity index (χ2v) is 10.3. The molecule has 1 aliphatic heterocycles. The smallest absolute Gasteiger partial charge is 0.294 e. The molecule has 1 aromatic heterocycles. The molecule has 0 saturated carbocycles. The minimum absolute atomic E-state index is 0.128. The van der Waals surface area contributed by atoms with Gasteiger partial charge in [0.05, 0.1) is 11.3 Å². The van der Waals surface area contributed by atoms with E-state index in [9.17, 15) is 30.8 Å². The SMILES string of the molecule is Cc1nc(N2CCCN(c3ccc(-c4cc(F)cc(C(F)F)c4F)cc3)C2=O)sc1S(N)(=O)=O. The molecular formula is C21H18F4N4O3S2. The Morgan fingerprint density at radius 1 is 1.09 bits per heavy atom. The van der Waals surface area contributed by atoms with Gasteiger partial charge in [0.2, 0.25) is 10.0 Å². The van der Waals surface area contributed by atoms with Crippen LogP contribution in [0.25, 0.3) is 11.1 Å². The van der Waals surface area contributed by atoms with Crippen LogP contribution in [0.2, 0.25) is 0 Å². The average molecular weight is 515 g/mol. The van der Waals surface area contributed by atoms with Crippen molar-refractivity contribution in [3.63, 3.8) is 0 Å². The summed E-state index contributed by atoms with van der Waals surface area (Å²) in [6.45, 7) is 2.15. The van der Waals surface area contributed by atoms with Crippen LogP contribution in [-0.4, -0.2) is 32.5 Å². The molecular weight excluding hydrogens is 496 g/mol. The number of aryl methyl sites for hydroxylation is 1. The molecule has 1 saturated heterocycles. The van der Waals surface area contributed by atoms with Crippen LogP contribution in [-0.2, 0) is 10.0 Å². The van der Waals surface area contributed by atoms with E-state index in [2.05, 4.69) is 4.98 Å². The van der Waals surface area contributed by atoms with Gasteiger partial charge in [-0.15, -0.1) is 0 Å². The molecule has 2 heterocycles. The summed E-state index contributed by atoms with van der Waals surface area (Å²) >= 11 is 0.796. The van der Waals surface area contributed by atoms with E-state index in [4.69, 9.17) is 5.14 Å². The molecule has 180 valence electrons. The zero-order valence-corrected chi connectivity index (χ0v) is 19.3. The monoisotopic (exact) mass is 514 g/mol. The van der Waals surface area contributed by atoms with Gasteiger partial charge in [-0.1, -0.05) is 23.5 Å². The van der Waals surface area contributed by atoms with Gasteiger partial charge in [0.25, 0.3) is 6.43 Å². The van der Waals surface area contributed by atoms with Gasteiger partial charge in [0, 0.05) is 24.3 Å². The van der Waals surface area contributed by atoms with Crippen molar-refractivity contribution >= 4 is 38.2 Å². The lowest BCUT2D eigenvalue weighted by molar-refractivity contribution is 0.146. The van der Waals surface area contributed by atoms with Crippen LogP contribution < -0.4 is 14.9 Å². The third-order valence-corrected chi connectivity index (χ3v) is 7.98. The van der Waals surface area contributed by atoms with E-state index in [-0.39, 0.29) is 26.2 Å². The molecule has 7 nitrogen and oxygen atoms in total. The molecule has 2 amide bonds.